The molecule has 0 atom stereocenters. The van der Waals surface area contributed by atoms with Crippen molar-refractivity contribution in [2.24, 2.45) is 0 Å². The summed E-state index contributed by atoms with van der Waals surface area (Å²) in [6.07, 6.45) is 0. The Morgan fingerprint density at radius 2 is 1.25 bits per heavy atom. The van der Waals surface area contributed by atoms with Gasteiger partial charge in [0.05, 0.1) is 0 Å². The van der Waals surface area contributed by atoms with E-state index in [1.165, 1.54) is 0 Å². The van der Waals surface area contributed by atoms with Gasteiger partial charge < -0.3 is 0 Å². The third-order valence-electron chi connectivity index (χ3n) is 0. The Kier molecular flexibility index (Phi) is 20.0. The molecular weight excluding hydrogens is 287 g/mol. The quantitative estimate of drug-likeness (QED) is 0.568. The van der Waals surface area contributed by atoms with Crippen molar-refractivity contribution in [2.75, 3.05) is 0 Å². The predicted molar refractivity (Wildman–Crippen MR) is 7.97 cm³/mol. The average Bonchev–Trinajstić information content (AvgIpc) is 0.918. The summed E-state index contributed by atoms with van der Waals surface area (Å²) in [5.41, 5.74) is 0. The van der Waals surface area contributed by atoms with Crippen LogP contribution in [0.1, 0.15) is 0 Å². The summed E-state index contributed by atoms with van der Waals surface area (Å²) in [5.74, 6) is 0. The molecule has 0 unspecified atom stereocenters. The van der Waals surface area contributed by atoms with Crippen molar-refractivity contribution in [3.8, 4) is 0 Å². The number of hydrogen-bond donors (Lipinski definition) is 0. The zero-order chi connectivity index (χ0) is 2.71. The zero-order valence-electron chi connectivity index (χ0n) is 1.83. The molecule has 1 radical (unpaired) electrons. The van der Waals surface area contributed by atoms with Crippen LogP contribution in [0.4, 0.5) is 8.63 Å². The van der Waals surface area contributed by atoms with E-state index in [9.17, 15) is 8.63 Å². The smallest absolute Gasteiger partial charge is 0.289 e. The van der Waals surface area contributed by atoms with Crippen molar-refractivity contribution in [3.05, 3.63) is 0 Å². The van der Waals surface area contributed by atoms with E-state index < -0.39 is 7.83 Å². The van der Waals surface area contributed by atoms with Gasteiger partial charge in [0.1, 0.15) is 0 Å². The van der Waals surface area contributed by atoms with Gasteiger partial charge in [-0.2, -0.15) is 0 Å². The van der Waals surface area contributed by atoms with Crippen LogP contribution in [0.2, 0.25) is 0 Å². The van der Waals surface area contributed by atoms with E-state index in [1.54, 1.807) is 0 Å². The van der Waals surface area contributed by atoms with Crippen LogP contribution >= 0.6 is 0 Å². The van der Waals surface area contributed by atoms with E-state index in [4.69, 9.17) is 0 Å². The van der Waals surface area contributed by atoms with Gasteiger partial charge in [-0.15, -0.1) is 0 Å². The predicted octanol–water partition coefficient (Wildman–Crippen LogP) is 0.460. The molecule has 21 valence electrons. The molecule has 0 aromatic carbocycles. The number of rotatable bonds is 0. The van der Waals surface area contributed by atoms with Crippen LogP contribution in [-0.4, -0.2) is 7.83 Å². The van der Waals surface area contributed by atoms with Crippen LogP contribution in [0.5, 0.6) is 0 Å². The summed E-state index contributed by atoms with van der Waals surface area (Å²) in [6.45, 7) is 0. The van der Waals surface area contributed by atoms with Crippen LogP contribution in [0.15, 0.2) is 0 Å². The fraction of sp³-hybridized carbons (Fsp3) is 0. The molecule has 0 saturated heterocycles. The Morgan fingerprint density at radius 3 is 1.25 bits per heavy atom. The van der Waals surface area contributed by atoms with E-state index in [0.29, 0.717) is 0 Å². The molecule has 0 aromatic heterocycles. The molecule has 4 heteroatoms. The summed E-state index contributed by atoms with van der Waals surface area (Å²) in [4.78, 5) is 0. The normalized spacial score (nSPS) is 3.50. The molecular formula is BF2U. The molecule has 0 nitrogen and oxygen atoms in total. The molecule has 0 aromatic rings. The minimum Gasteiger partial charge on any atom is -0.289 e. The molecule has 0 heterocycles. The van der Waals surface area contributed by atoms with Gasteiger partial charge in [-0.1, -0.05) is 0 Å². The maximum Gasteiger partial charge on any atom is 0.577 e. The molecule has 0 saturated carbocycles. The van der Waals surface area contributed by atoms with Crippen molar-refractivity contribution >= 4 is 7.83 Å². The molecule has 0 bridgehead atoms. The number of hydrogen-bond acceptors (Lipinski definition) is 0. The first-order valence-electron chi connectivity index (χ1n) is 0.436. The second-order valence-electron chi connectivity index (χ2n) is 0.0825. The second-order valence-corrected chi connectivity index (χ2v) is 0.0825. The maximum absolute atomic E-state index is 9.50. The zero-order valence-corrected chi connectivity index (χ0v) is 6.00. The molecule has 0 amide bonds. The summed E-state index contributed by atoms with van der Waals surface area (Å²) < 4.78 is 19.0. The molecule has 0 aliphatic rings. The Balaban J connectivity index is 0. The summed E-state index contributed by atoms with van der Waals surface area (Å²) in [5, 5.41) is 0. The van der Waals surface area contributed by atoms with Gasteiger partial charge in [0.25, 0.3) is 0 Å². The Morgan fingerprint density at radius 1 is 1.25 bits per heavy atom. The minimum atomic E-state index is -1.00. The average molecular weight is 287 g/mol. The molecule has 0 fully saturated rings. The van der Waals surface area contributed by atoms with Crippen molar-refractivity contribution in [1.29, 1.82) is 0 Å². The third-order valence-corrected chi connectivity index (χ3v) is 0. The molecule has 0 N–H and O–H groups in total. The van der Waals surface area contributed by atoms with E-state index in [1.807, 2.05) is 0 Å². The van der Waals surface area contributed by atoms with Crippen LogP contribution in [0.3, 0.4) is 0 Å². The van der Waals surface area contributed by atoms with E-state index in [-0.39, 0.29) is 31.1 Å². The standard InChI is InChI=1S/BF2.U/c2-1-3;. The van der Waals surface area contributed by atoms with Crippen molar-refractivity contribution in [1.82, 2.24) is 0 Å². The molecule has 0 rings (SSSR count). The molecule has 0 aliphatic heterocycles. The van der Waals surface area contributed by atoms with E-state index in [2.05, 4.69) is 0 Å². The van der Waals surface area contributed by atoms with Crippen LogP contribution in [-0.2, 0) is 0 Å². The fourth-order valence-electron chi connectivity index (χ4n) is 0. The first-order chi connectivity index (χ1) is 1.41. The van der Waals surface area contributed by atoms with Crippen molar-refractivity contribution < 1.29 is 39.7 Å². The topological polar surface area (TPSA) is 0 Å². The molecule has 0 aliphatic carbocycles. The van der Waals surface area contributed by atoms with E-state index >= 15 is 0 Å². The Bertz CT molecular complexity index is 6.00. The van der Waals surface area contributed by atoms with Gasteiger partial charge >= 0.3 is 7.83 Å². The monoisotopic (exact) mass is 287 g/mol. The Hall–Kier alpha value is 0.977. The van der Waals surface area contributed by atoms with E-state index in [0.717, 1.165) is 0 Å². The minimum absolute atomic E-state index is 0. The van der Waals surface area contributed by atoms with Gasteiger partial charge in [0.2, 0.25) is 0 Å². The summed E-state index contributed by atoms with van der Waals surface area (Å²) in [6, 6.07) is 0. The van der Waals surface area contributed by atoms with Gasteiger partial charge in [0.15, 0.2) is 0 Å². The van der Waals surface area contributed by atoms with Crippen LogP contribution in [0, 0.1) is 31.1 Å². The van der Waals surface area contributed by atoms with Gasteiger partial charge in [-0.05, 0) is 0 Å². The first-order valence-corrected chi connectivity index (χ1v) is 0.436. The van der Waals surface area contributed by atoms with Gasteiger partial charge in [-0.25, -0.2) is 0 Å². The first kappa shape index (κ1) is 8.88. The second kappa shape index (κ2) is 9.02. The largest absolute Gasteiger partial charge is 0.577 e. The molecule has 0 spiro atoms. The van der Waals surface area contributed by atoms with Crippen molar-refractivity contribution in [3.63, 3.8) is 0 Å². The van der Waals surface area contributed by atoms with Crippen molar-refractivity contribution in [2.45, 2.75) is 0 Å². The molecule has 4 heavy (non-hydrogen) atoms. The Labute approximate surface area is 47.7 Å². The third kappa shape index (κ3) is 12.2. The van der Waals surface area contributed by atoms with Gasteiger partial charge in [-0.3, -0.25) is 8.63 Å². The SMILES string of the molecule is F[B]F.[U]. The maximum atomic E-state index is 9.50. The fourth-order valence-corrected chi connectivity index (χ4v) is 0. The summed E-state index contributed by atoms with van der Waals surface area (Å²) in [7, 11) is -1.00. The number of halogens is 2. The van der Waals surface area contributed by atoms with Crippen LogP contribution in [0.25, 0.3) is 0 Å². The summed E-state index contributed by atoms with van der Waals surface area (Å²) >= 11 is 0. The van der Waals surface area contributed by atoms with Crippen LogP contribution < -0.4 is 0 Å². The van der Waals surface area contributed by atoms with Gasteiger partial charge in [0, 0.05) is 31.1 Å².